The number of hydrogen-bond acceptors (Lipinski definition) is 6. The van der Waals surface area contributed by atoms with Crippen molar-refractivity contribution in [2.75, 3.05) is 26.1 Å². The average molecular weight is 369 g/mol. The predicted octanol–water partition coefficient (Wildman–Crippen LogP) is 2.43. The van der Waals surface area contributed by atoms with E-state index < -0.39 is 21.8 Å². The summed E-state index contributed by atoms with van der Waals surface area (Å²) >= 11 is 0. The van der Waals surface area contributed by atoms with Crippen LogP contribution in [0.3, 0.4) is 0 Å². The van der Waals surface area contributed by atoms with Crippen LogP contribution in [-0.4, -0.2) is 35.7 Å². The molecule has 2 aromatic rings. The first kappa shape index (κ1) is 18.5. The molecular formula is C16H16FNO6S. The highest BCUT2D eigenvalue weighted by molar-refractivity contribution is 7.92. The Hall–Kier alpha value is -2.81. The number of methoxy groups -OCH3 is 3. The van der Waals surface area contributed by atoms with Crippen LogP contribution in [0.5, 0.6) is 11.5 Å². The third kappa shape index (κ3) is 4.00. The third-order valence-corrected chi connectivity index (χ3v) is 4.64. The van der Waals surface area contributed by atoms with Crippen molar-refractivity contribution in [1.82, 2.24) is 0 Å². The second kappa shape index (κ2) is 7.39. The highest BCUT2D eigenvalue weighted by atomic mass is 32.2. The van der Waals surface area contributed by atoms with Gasteiger partial charge in [0.2, 0.25) is 0 Å². The minimum Gasteiger partial charge on any atom is -0.493 e. The number of sulfonamides is 1. The smallest absolute Gasteiger partial charge is 0.340 e. The summed E-state index contributed by atoms with van der Waals surface area (Å²) in [6, 6.07) is 7.04. The van der Waals surface area contributed by atoms with Crippen molar-refractivity contribution in [3.8, 4) is 11.5 Å². The Morgan fingerprint density at radius 3 is 2.24 bits per heavy atom. The maximum absolute atomic E-state index is 13.3. The highest BCUT2D eigenvalue weighted by Gasteiger charge is 2.22. The summed E-state index contributed by atoms with van der Waals surface area (Å²) < 4.78 is 55.4. The second-order valence-electron chi connectivity index (χ2n) is 4.81. The number of carbonyl (C=O) groups excluding carboxylic acids is 1. The van der Waals surface area contributed by atoms with Gasteiger partial charge in [-0.3, -0.25) is 4.72 Å². The molecule has 25 heavy (non-hydrogen) atoms. The van der Waals surface area contributed by atoms with Gasteiger partial charge in [-0.05, 0) is 18.2 Å². The molecule has 0 aliphatic rings. The van der Waals surface area contributed by atoms with E-state index in [1.807, 2.05) is 0 Å². The number of nitrogens with one attached hydrogen (secondary N) is 1. The minimum absolute atomic E-state index is 0.0832. The zero-order valence-electron chi connectivity index (χ0n) is 13.7. The lowest BCUT2D eigenvalue weighted by Crippen LogP contribution is -2.16. The first-order valence-electron chi connectivity index (χ1n) is 6.95. The molecule has 0 amide bonds. The summed E-state index contributed by atoms with van der Waals surface area (Å²) in [5, 5.41) is 0. The van der Waals surface area contributed by atoms with E-state index in [9.17, 15) is 17.6 Å². The Labute approximate surface area is 144 Å². The molecule has 0 radical (unpaired) electrons. The number of esters is 1. The Morgan fingerprint density at radius 2 is 1.68 bits per heavy atom. The van der Waals surface area contributed by atoms with Gasteiger partial charge in [0.15, 0.2) is 11.5 Å². The van der Waals surface area contributed by atoms with Crippen molar-refractivity contribution < 1.29 is 31.8 Å². The fraction of sp³-hybridized carbons (Fsp3) is 0.188. The molecule has 0 saturated carbocycles. The summed E-state index contributed by atoms with van der Waals surface area (Å²) in [6.45, 7) is 0. The normalized spacial score (nSPS) is 10.9. The van der Waals surface area contributed by atoms with E-state index >= 15 is 0 Å². The lowest BCUT2D eigenvalue weighted by Gasteiger charge is -2.15. The van der Waals surface area contributed by atoms with Gasteiger partial charge in [-0.25, -0.2) is 17.6 Å². The molecule has 0 aromatic heterocycles. The molecule has 0 bridgehead atoms. The van der Waals surface area contributed by atoms with Crippen LogP contribution in [0.1, 0.15) is 10.4 Å². The quantitative estimate of drug-likeness (QED) is 0.787. The molecule has 0 spiro atoms. The Kier molecular flexibility index (Phi) is 5.48. The van der Waals surface area contributed by atoms with Crippen LogP contribution < -0.4 is 14.2 Å². The highest BCUT2D eigenvalue weighted by Crippen LogP contribution is 2.34. The minimum atomic E-state index is -4.14. The average Bonchev–Trinajstić information content (AvgIpc) is 2.60. The fourth-order valence-corrected chi connectivity index (χ4v) is 3.18. The van der Waals surface area contributed by atoms with Crippen LogP contribution in [0.25, 0.3) is 0 Å². The molecule has 134 valence electrons. The lowest BCUT2D eigenvalue weighted by atomic mass is 10.1. The van der Waals surface area contributed by atoms with Crippen LogP contribution in [0, 0.1) is 5.82 Å². The van der Waals surface area contributed by atoms with Gasteiger partial charge in [0, 0.05) is 12.1 Å². The Bertz CT molecular complexity index is 897. The van der Waals surface area contributed by atoms with E-state index in [2.05, 4.69) is 9.46 Å². The summed E-state index contributed by atoms with van der Waals surface area (Å²) in [5.41, 5.74) is -0.172. The molecule has 2 aromatic carbocycles. The van der Waals surface area contributed by atoms with Crippen molar-refractivity contribution in [2.45, 2.75) is 4.90 Å². The van der Waals surface area contributed by atoms with Gasteiger partial charge in [-0.15, -0.1) is 0 Å². The summed E-state index contributed by atoms with van der Waals surface area (Å²) in [4.78, 5) is 11.7. The standard InChI is InChI=1S/C16H16FNO6S/c1-22-14-8-12(16(19)24-3)13(9-15(14)23-2)18-25(20,21)11-6-4-5-10(17)7-11/h4-9,18H,1-3H3. The molecule has 2 rings (SSSR count). The second-order valence-corrected chi connectivity index (χ2v) is 6.49. The van der Waals surface area contributed by atoms with Crippen LogP contribution in [0.2, 0.25) is 0 Å². The summed E-state index contributed by atoms with van der Waals surface area (Å²) in [6.07, 6.45) is 0. The van der Waals surface area contributed by atoms with Crippen molar-refractivity contribution in [2.24, 2.45) is 0 Å². The summed E-state index contributed by atoms with van der Waals surface area (Å²) in [5.74, 6) is -1.06. The van der Waals surface area contributed by atoms with Gasteiger partial charge in [-0.1, -0.05) is 6.07 Å². The van der Waals surface area contributed by atoms with Gasteiger partial charge in [0.25, 0.3) is 10.0 Å². The Balaban J connectivity index is 2.55. The van der Waals surface area contributed by atoms with Crippen molar-refractivity contribution in [3.63, 3.8) is 0 Å². The van der Waals surface area contributed by atoms with Crippen molar-refractivity contribution in [3.05, 3.63) is 47.8 Å². The predicted molar refractivity (Wildman–Crippen MR) is 88.1 cm³/mol. The molecule has 0 unspecified atom stereocenters. The molecule has 0 saturated heterocycles. The van der Waals surface area contributed by atoms with Crippen LogP contribution in [0.4, 0.5) is 10.1 Å². The van der Waals surface area contributed by atoms with Gasteiger partial charge in [0.1, 0.15) is 5.82 Å². The first-order chi connectivity index (χ1) is 11.8. The van der Waals surface area contributed by atoms with E-state index in [1.165, 1.54) is 38.5 Å². The lowest BCUT2D eigenvalue weighted by molar-refractivity contribution is 0.0601. The zero-order valence-corrected chi connectivity index (χ0v) is 14.5. The van der Waals surface area contributed by atoms with Gasteiger partial charge in [0.05, 0.1) is 37.5 Å². The van der Waals surface area contributed by atoms with E-state index in [0.717, 1.165) is 19.2 Å². The maximum Gasteiger partial charge on any atom is 0.340 e. The molecule has 0 atom stereocenters. The molecule has 0 fully saturated rings. The van der Waals surface area contributed by atoms with E-state index in [4.69, 9.17) is 9.47 Å². The monoisotopic (exact) mass is 369 g/mol. The van der Waals surface area contributed by atoms with Crippen LogP contribution >= 0.6 is 0 Å². The molecular weight excluding hydrogens is 353 g/mol. The third-order valence-electron chi connectivity index (χ3n) is 3.28. The van der Waals surface area contributed by atoms with Crippen LogP contribution in [0.15, 0.2) is 41.3 Å². The number of halogens is 1. The number of rotatable bonds is 6. The zero-order chi connectivity index (χ0) is 18.6. The van der Waals surface area contributed by atoms with Crippen molar-refractivity contribution >= 4 is 21.7 Å². The summed E-state index contributed by atoms with van der Waals surface area (Å²) in [7, 11) is -0.250. The molecule has 9 heteroatoms. The van der Waals surface area contributed by atoms with Crippen molar-refractivity contribution in [1.29, 1.82) is 0 Å². The Morgan fingerprint density at radius 1 is 1.04 bits per heavy atom. The van der Waals surface area contributed by atoms with E-state index in [1.54, 1.807) is 0 Å². The van der Waals surface area contributed by atoms with E-state index in [-0.39, 0.29) is 27.6 Å². The number of hydrogen-bond donors (Lipinski definition) is 1. The molecule has 0 aliphatic heterocycles. The van der Waals surface area contributed by atoms with Gasteiger partial charge < -0.3 is 14.2 Å². The SMILES string of the molecule is COC(=O)c1cc(OC)c(OC)cc1NS(=O)(=O)c1cccc(F)c1. The largest absolute Gasteiger partial charge is 0.493 e. The first-order valence-corrected chi connectivity index (χ1v) is 8.43. The molecule has 0 heterocycles. The number of carbonyl (C=O) groups is 1. The molecule has 0 aliphatic carbocycles. The number of anilines is 1. The molecule has 7 nitrogen and oxygen atoms in total. The van der Waals surface area contributed by atoms with Gasteiger partial charge >= 0.3 is 5.97 Å². The number of benzene rings is 2. The topological polar surface area (TPSA) is 90.9 Å². The van der Waals surface area contributed by atoms with Crippen LogP contribution in [-0.2, 0) is 14.8 Å². The van der Waals surface area contributed by atoms with Gasteiger partial charge in [-0.2, -0.15) is 0 Å². The number of ether oxygens (including phenoxy) is 3. The fourth-order valence-electron chi connectivity index (χ4n) is 2.08. The maximum atomic E-state index is 13.3. The molecule has 1 N–H and O–H groups in total. The van der Waals surface area contributed by atoms with E-state index in [0.29, 0.717) is 0 Å².